The van der Waals surface area contributed by atoms with Crippen molar-refractivity contribution in [2.45, 2.75) is 40.8 Å². The van der Waals surface area contributed by atoms with E-state index >= 15 is 0 Å². The average Bonchev–Trinajstić information content (AvgIpc) is 3.03. The van der Waals surface area contributed by atoms with E-state index in [0.29, 0.717) is 20.6 Å². The van der Waals surface area contributed by atoms with Gasteiger partial charge in [-0.3, -0.25) is 0 Å². The quantitative estimate of drug-likeness (QED) is 0.163. The maximum absolute atomic E-state index is 13.4. The molecular formula is C42H31Br2ClF3. The molecule has 0 amide bonds. The lowest BCUT2D eigenvalue weighted by molar-refractivity contribution is -0.137. The van der Waals surface area contributed by atoms with Gasteiger partial charge in [0.25, 0.3) is 0 Å². The molecule has 0 bridgehead atoms. The van der Waals surface area contributed by atoms with Gasteiger partial charge in [0, 0.05) is 19.5 Å². The van der Waals surface area contributed by atoms with Gasteiger partial charge in [-0.2, -0.15) is 13.2 Å². The molecule has 1 radical (unpaired) electrons. The predicted octanol–water partition coefficient (Wildman–Crippen LogP) is 14.6. The van der Waals surface area contributed by atoms with Gasteiger partial charge in [0.2, 0.25) is 0 Å². The summed E-state index contributed by atoms with van der Waals surface area (Å²) in [6.07, 6.45) is -4.42. The fourth-order valence-corrected chi connectivity index (χ4v) is 7.64. The van der Waals surface area contributed by atoms with Gasteiger partial charge >= 0.3 is 6.18 Å². The lowest BCUT2D eigenvalue weighted by Crippen LogP contribution is -2.04. The molecule has 0 fully saturated rings. The van der Waals surface area contributed by atoms with Crippen molar-refractivity contribution in [2.24, 2.45) is 0 Å². The number of benzene rings is 6. The second-order valence-corrected chi connectivity index (χ2v) is 14.4. The zero-order valence-corrected chi connectivity index (χ0v) is 30.9. The molecule has 6 aromatic carbocycles. The second-order valence-electron chi connectivity index (χ2n) is 12.3. The molecule has 0 aliphatic heterocycles. The highest BCUT2D eigenvalue weighted by Gasteiger charge is 2.31. The van der Waals surface area contributed by atoms with Crippen LogP contribution in [0.2, 0.25) is 5.02 Å². The number of halogens is 6. The van der Waals surface area contributed by atoms with E-state index in [9.17, 15) is 13.2 Å². The number of aryl methyl sites for hydroxylation is 5. The minimum absolute atomic E-state index is 0.485. The van der Waals surface area contributed by atoms with Crippen LogP contribution in [0.1, 0.15) is 33.4 Å². The van der Waals surface area contributed by atoms with E-state index in [4.69, 9.17) is 11.6 Å². The summed E-state index contributed by atoms with van der Waals surface area (Å²) in [7, 11) is 0. The molecule has 0 atom stereocenters. The monoisotopic (exact) mass is 785 g/mol. The van der Waals surface area contributed by atoms with E-state index in [1.54, 1.807) is 0 Å². The maximum Gasteiger partial charge on any atom is 0.416 e. The van der Waals surface area contributed by atoms with Crippen LogP contribution in [0.15, 0.2) is 106 Å². The Morgan fingerprint density at radius 3 is 1.65 bits per heavy atom. The summed E-state index contributed by atoms with van der Waals surface area (Å²) >= 11 is 14.2. The third-order valence-corrected chi connectivity index (χ3v) is 10.5. The lowest BCUT2D eigenvalue weighted by atomic mass is 9.89. The summed E-state index contributed by atoms with van der Waals surface area (Å²) in [4.78, 5) is 0. The van der Waals surface area contributed by atoms with Crippen LogP contribution in [0.3, 0.4) is 0 Å². The fourth-order valence-electron chi connectivity index (χ4n) is 6.34. The molecule has 0 aliphatic carbocycles. The Labute approximate surface area is 301 Å². The largest absolute Gasteiger partial charge is 0.416 e. The van der Waals surface area contributed by atoms with E-state index in [1.807, 2.05) is 37.3 Å². The molecule has 6 heteroatoms. The molecule has 6 rings (SSSR count). The Kier molecular flexibility index (Phi) is 9.52. The van der Waals surface area contributed by atoms with Gasteiger partial charge in [-0.1, -0.05) is 98.1 Å². The molecule has 0 nitrogen and oxygen atoms in total. The van der Waals surface area contributed by atoms with Crippen LogP contribution in [0, 0.1) is 40.7 Å². The van der Waals surface area contributed by atoms with Crippen LogP contribution in [-0.4, -0.2) is 0 Å². The van der Waals surface area contributed by atoms with E-state index in [2.05, 4.69) is 114 Å². The number of hydrogen-bond donors (Lipinski definition) is 0. The molecule has 0 aliphatic rings. The van der Waals surface area contributed by atoms with Crippen molar-refractivity contribution in [3.8, 4) is 55.6 Å². The minimum atomic E-state index is -4.42. The molecule has 0 aromatic heterocycles. The van der Waals surface area contributed by atoms with Gasteiger partial charge in [0.15, 0.2) is 0 Å². The number of rotatable bonds is 5. The van der Waals surface area contributed by atoms with Crippen LogP contribution in [-0.2, 0) is 6.18 Å². The van der Waals surface area contributed by atoms with E-state index < -0.39 is 11.7 Å². The van der Waals surface area contributed by atoms with Crippen LogP contribution in [0.5, 0.6) is 0 Å². The first-order valence-electron chi connectivity index (χ1n) is 15.4. The van der Waals surface area contributed by atoms with Crippen LogP contribution >= 0.6 is 43.5 Å². The van der Waals surface area contributed by atoms with Crippen LogP contribution < -0.4 is 0 Å². The minimum Gasteiger partial charge on any atom is -0.166 e. The zero-order chi connectivity index (χ0) is 34.5. The van der Waals surface area contributed by atoms with E-state index in [-0.39, 0.29) is 0 Å². The standard InChI is InChI=1S/C42H31Br2ClF3/c1-23-7-6-8-28(15-23)34-21-40(44)37(18-26(34)4)32-12-9-29(16-24(32)2)35-22-41(45)38(19-27(35)5)33-13-10-30(17-25(33)3)36-20-31(42(46,47)48)11-14-39(36)43/h6,8-22H,1-5H3. The van der Waals surface area contributed by atoms with Crippen LogP contribution in [0.4, 0.5) is 13.2 Å². The Bertz CT molecular complexity index is 2220. The van der Waals surface area contributed by atoms with Gasteiger partial charge in [0.1, 0.15) is 0 Å². The van der Waals surface area contributed by atoms with Crippen molar-refractivity contribution in [3.05, 3.63) is 150 Å². The highest BCUT2D eigenvalue weighted by molar-refractivity contribution is 9.11. The molecule has 48 heavy (non-hydrogen) atoms. The number of hydrogen-bond acceptors (Lipinski definition) is 0. The van der Waals surface area contributed by atoms with E-state index in [0.717, 1.165) is 66.2 Å². The summed E-state index contributed by atoms with van der Waals surface area (Å²) in [6, 6.07) is 33.9. The van der Waals surface area contributed by atoms with Gasteiger partial charge < -0.3 is 0 Å². The van der Waals surface area contributed by atoms with Crippen molar-refractivity contribution in [2.75, 3.05) is 0 Å². The maximum atomic E-state index is 13.4. The summed E-state index contributed by atoms with van der Waals surface area (Å²) in [5.74, 6) is 0. The van der Waals surface area contributed by atoms with Crippen molar-refractivity contribution in [1.29, 1.82) is 0 Å². The number of alkyl halides is 3. The van der Waals surface area contributed by atoms with E-state index in [1.165, 1.54) is 28.8 Å². The third-order valence-electron chi connectivity index (χ3n) is 8.83. The first kappa shape index (κ1) is 34.2. The molecule has 0 unspecified atom stereocenters. The Hall–Kier alpha value is -3.64. The van der Waals surface area contributed by atoms with Crippen molar-refractivity contribution >= 4 is 43.5 Å². The zero-order valence-electron chi connectivity index (χ0n) is 27.0. The highest BCUT2D eigenvalue weighted by Crippen LogP contribution is 2.42. The fraction of sp³-hybridized carbons (Fsp3) is 0.143. The van der Waals surface area contributed by atoms with Gasteiger partial charge in [-0.25, -0.2) is 0 Å². The molecule has 241 valence electrons. The summed E-state index contributed by atoms with van der Waals surface area (Å²) in [5.41, 5.74) is 14.5. The SMILES string of the molecule is Cc1[c]ccc(-c2cc(Br)c(-c3ccc(-c4cc(Cl)c(-c5ccc(-c6cc(C(F)(F)F)ccc6Br)cc5C)cc4C)cc3C)cc2C)c1. The Balaban J connectivity index is 1.31. The van der Waals surface area contributed by atoms with Crippen molar-refractivity contribution in [1.82, 2.24) is 0 Å². The van der Waals surface area contributed by atoms with Gasteiger partial charge in [-0.15, -0.1) is 0 Å². The summed E-state index contributed by atoms with van der Waals surface area (Å²) in [6.45, 7) is 10.4. The Morgan fingerprint density at radius 1 is 0.500 bits per heavy atom. The molecule has 0 saturated carbocycles. The van der Waals surface area contributed by atoms with Crippen molar-refractivity contribution in [3.63, 3.8) is 0 Å². The smallest absolute Gasteiger partial charge is 0.166 e. The molecular weight excluding hydrogens is 757 g/mol. The van der Waals surface area contributed by atoms with Crippen LogP contribution in [0.25, 0.3) is 55.6 Å². The summed E-state index contributed by atoms with van der Waals surface area (Å²) < 4.78 is 41.9. The first-order valence-corrected chi connectivity index (χ1v) is 17.4. The Morgan fingerprint density at radius 2 is 1.04 bits per heavy atom. The topological polar surface area (TPSA) is 0 Å². The molecule has 0 saturated heterocycles. The predicted molar refractivity (Wildman–Crippen MR) is 202 cm³/mol. The van der Waals surface area contributed by atoms with Gasteiger partial charge in [-0.05, 0) is 161 Å². The molecule has 0 spiro atoms. The second kappa shape index (κ2) is 13.3. The van der Waals surface area contributed by atoms with Gasteiger partial charge in [0.05, 0.1) is 5.56 Å². The molecule has 0 N–H and O–H groups in total. The summed E-state index contributed by atoms with van der Waals surface area (Å²) in [5, 5.41) is 0.608. The van der Waals surface area contributed by atoms with Crippen molar-refractivity contribution < 1.29 is 13.2 Å². The first-order chi connectivity index (χ1) is 22.7. The molecule has 0 heterocycles. The lowest BCUT2D eigenvalue weighted by Gasteiger charge is -2.17. The normalized spacial score (nSPS) is 11.6. The molecule has 6 aromatic rings. The average molecular weight is 788 g/mol. The highest BCUT2D eigenvalue weighted by atomic mass is 79.9. The third kappa shape index (κ3) is 6.78.